The van der Waals surface area contributed by atoms with Crippen molar-refractivity contribution < 1.29 is 0 Å². The summed E-state index contributed by atoms with van der Waals surface area (Å²) in [6.07, 6.45) is 3.95. The molecule has 4 rings (SSSR count). The monoisotopic (exact) mass is 368 g/mol. The highest BCUT2D eigenvalue weighted by atomic mass is 32.2. The van der Waals surface area contributed by atoms with Crippen molar-refractivity contribution >= 4 is 23.7 Å². The highest BCUT2D eigenvalue weighted by Gasteiger charge is 2.23. The molecule has 0 radical (unpaired) electrons. The molecule has 9 heteroatoms. The number of aromatic nitrogens is 6. The Hall–Kier alpha value is -2.68. The molecule has 0 atom stereocenters. The van der Waals surface area contributed by atoms with E-state index in [1.165, 1.54) is 5.56 Å². The predicted molar refractivity (Wildman–Crippen MR) is 102 cm³/mol. The zero-order valence-corrected chi connectivity index (χ0v) is 15.3. The lowest BCUT2D eigenvalue weighted by atomic mass is 10.2. The van der Waals surface area contributed by atoms with E-state index in [2.05, 4.69) is 47.8 Å². The molecule has 134 valence electrons. The van der Waals surface area contributed by atoms with Gasteiger partial charge in [0, 0.05) is 18.3 Å². The molecule has 2 aromatic heterocycles. The molecule has 0 bridgehead atoms. The number of rotatable bonds is 8. The van der Waals surface area contributed by atoms with Crippen LogP contribution in [0.5, 0.6) is 0 Å². The van der Waals surface area contributed by atoms with Gasteiger partial charge in [-0.15, -0.1) is 5.10 Å². The lowest BCUT2D eigenvalue weighted by Crippen LogP contribution is -2.13. The Morgan fingerprint density at radius 2 is 1.92 bits per heavy atom. The van der Waals surface area contributed by atoms with Crippen molar-refractivity contribution in [2.24, 2.45) is 0 Å². The highest BCUT2D eigenvalue weighted by Crippen LogP contribution is 2.24. The molecule has 0 unspecified atom stereocenters. The van der Waals surface area contributed by atoms with Gasteiger partial charge in [-0.1, -0.05) is 42.1 Å². The van der Waals surface area contributed by atoms with Crippen LogP contribution in [0.3, 0.4) is 0 Å². The van der Waals surface area contributed by atoms with Crippen molar-refractivity contribution in [1.29, 1.82) is 0 Å². The molecule has 0 amide bonds. The van der Waals surface area contributed by atoms with Gasteiger partial charge in [-0.25, -0.2) is 4.98 Å². The van der Waals surface area contributed by atoms with Crippen LogP contribution in [0.2, 0.25) is 0 Å². The second-order valence-corrected chi connectivity index (χ2v) is 6.92. The van der Waals surface area contributed by atoms with Gasteiger partial charge in [0.2, 0.25) is 17.1 Å². The minimum Gasteiger partial charge on any atom is -0.354 e. The largest absolute Gasteiger partial charge is 0.354 e. The van der Waals surface area contributed by atoms with E-state index in [0.717, 1.165) is 25.1 Å². The molecule has 0 aliphatic heterocycles. The number of nitrogens with one attached hydrogen (secondary N) is 2. The molecule has 0 spiro atoms. The molecule has 0 saturated heterocycles. The molecular formula is C17H20N8S. The van der Waals surface area contributed by atoms with Crippen molar-refractivity contribution in [2.75, 3.05) is 17.2 Å². The SMILES string of the molecule is CCNc1nc(NC2CC2)nc(-n2cnc(SCc3ccccc3)n2)n1. The Bertz CT molecular complexity index is 862. The fraction of sp³-hybridized carbons (Fsp3) is 0.353. The first-order chi connectivity index (χ1) is 12.8. The summed E-state index contributed by atoms with van der Waals surface area (Å²) < 4.78 is 1.59. The van der Waals surface area contributed by atoms with Gasteiger partial charge in [-0.3, -0.25) is 0 Å². The van der Waals surface area contributed by atoms with Gasteiger partial charge in [0.15, 0.2) is 0 Å². The summed E-state index contributed by atoms with van der Waals surface area (Å²) in [6.45, 7) is 2.74. The first-order valence-corrected chi connectivity index (χ1v) is 9.64. The van der Waals surface area contributed by atoms with Crippen LogP contribution in [0.1, 0.15) is 25.3 Å². The lowest BCUT2D eigenvalue weighted by Gasteiger charge is -2.08. The number of hydrogen-bond acceptors (Lipinski definition) is 8. The molecular weight excluding hydrogens is 348 g/mol. The molecule has 3 aromatic rings. The Labute approximate surface area is 155 Å². The van der Waals surface area contributed by atoms with Crippen LogP contribution >= 0.6 is 11.8 Å². The first kappa shape index (κ1) is 16.8. The van der Waals surface area contributed by atoms with Crippen LogP contribution in [-0.2, 0) is 5.75 Å². The normalized spacial score (nSPS) is 13.6. The molecule has 8 nitrogen and oxygen atoms in total. The van der Waals surface area contributed by atoms with Crippen molar-refractivity contribution in [3.63, 3.8) is 0 Å². The number of nitrogens with zero attached hydrogens (tertiary/aromatic N) is 6. The van der Waals surface area contributed by atoms with E-state index < -0.39 is 0 Å². The third-order valence-corrected chi connectivity index (χ3v) is 4.68. The van der Waals surface area contributed by atoms with Gasteiger partial charge in [0.25, 0.3) is 5.95 Å². The van der Waals surface area contributed by atoms with Crippen LogP contribution in [0.15, 0.2) is 41.8 Å². The number of hydrogen-bond donors (Lipinski definition) is 2. The Morgan fingerprint density at radius 1 is 1.12 bits per heavy atom. The lowest BCUT2D eigenvalue weighted by molar-refractivity contribution is 0.769. The minimum absolute atomic E-state index is 0.457. The smallest absolute Gasteiger partial charge is 0.258 e. The van der Waals surface area contributed by atoms with Crippen molar-refractivity contribution in [3.05, 3.63) is 42.2 Å². The molecule has 26 heavy (non-hydrogen) atoms. The standard InChI is InChI=1S/C17H20N8S/c1-2-18-14-21-15(20-13-8-9-13)23-16(22-14)25-11-19-17(24-25)26-10-12-6-4-3-5-7-12/h3-7,11,13H,2,8-10H2,1H3,(H2,18,20,21,22,23). The van der Waals surface area contributed by atoms with Crippen LogP contribution in [0.4, 0.5) is 11.9 Å². The van der Waals surface area contributed by atoms with Gasteiger partial charge in [0.1, 0.15) is 6.33 Å². The summed E-state index contributed by atoms with van der Waals surface area (Å²) in [5.41, 5.74) is 1.24. The minimum atomic E-state index is 0.457. The fourth-order valence-electron chi connectivity index (χ4n) is 2.31. The molecule has 2 N–H and O–H groups in total. The number of benzene rings is 1. The Morgan fingerprint density at radius 3 is 2.69 bits per heavy atom. The third kappa shape index (κ3) is 4.29. The Balaban J connectivity index is 1.51. The second kappa shape index (κ2) is 7.69. The third-order valence-electron chi connectivity index (χ3n) is 3.76. The zero-order valence-electron chi connectivity index (χ0n) is 14.5. The summed E-state index contributed by atoms with van der Waals surface area (Å²) in [7, 11) is 0. The average Bonchev–Trinajstić information content (AvgIpc) is 3.34. The van der Waals surface area contributed by atoms with Gasteiger partial charge < -0.3 is 10.6 Å². The molecule has 1 aliphatic rings. The second-order valence-electron chi connectivity index (χ2n) is 5.98. The van der Waals surface area contributed by atoms with E-state index in [4.69, 9.17) is 0 Å². The summed E-state index contributed by atoms with van der Waals surface area (Å²) in [4.78, 5) is 17.7. The van der Waals surface area contributed by atoms with E-state index in [-0.39, 0.29) is 0 Å². The van der Waals surface area contributed by atoms with Crippen LogP contribution < -0.4 is 10.6 Å². The molecule has 1 saturated carbocycles. The highest BCUT2D eigenvalue weighted by molar-refractivity contribution is 7.98. The number of anilines is 2. The van der Waals surface area contributed by atoms with Crippen LogP contribution in [0.25, 0.3) is 5.95 Å². The van der Waals surface area contributed by atoms with Gasteiger partial charge >= 0.3 is 0 Å². The molecule has 1 aliphatic carbocycles. The van der Waals surface area contributed by atoms with E-state index in [9.17, 15) is 0 Å². The van der Waals surface area contributed by atoms with Crippen LogP contribution in [0, 0.1) is 0 Å². The zero-order chi connectivity index (χ0) is 17.8. The summed E-state index contributed by atoms with van der Waals surface area (Å²) in [5.74, 6) is 2.38. The van der Waals surface area contributed by atoms with Crippen molar-refractivity contribution in [2.45, 2.75) is 36.7 Å². The maximum Gasteiger partial charge on any atom is 0.258 e. The van der Waals surface area contributed by atoms with Crippen LogP contribution in [-0.4, -0.2) is 42.3 Å². The quantitative estimate of drug-likeness (QED) is 0.586. The summed E-state index contributed by atoms with van der Waals surface area (Å²) >= 11 is 1.58. The van der Waals surface area contributed by atoms with Gasteiger partial charge in [-0.2, -0.15) is 19.6 Å². The fourth-order valence-corrected chi connectivity index (χ4v) is 3.07. The maximum atomic E-state index is 4.49. The molecule has 1 aromatic carbocycles. The Kier molecular flexibility index (Phi) is 4.96. The van der Waals surface area contributed by atoms with Crippen molar-refractivity contribution in [1.82, 2.24) is 29.7 Å². The van der Waals surface area contributed by atoms with E-state index in [1.807, 2.05) is 25.1 Å². The van der Waals surface area contributed by atoms with E-state index in [0.29, 0.717) is 29.0 Å². The van der Waals surface area contributed by atoms with E-state index >= 15 is 0 Å². The van der Waals surface area contributed by atoms with E-state index in [1.54, 1.807) is 22.8 Å². The maximum absolute atomic E-state index is 4.49. The first-order valence-electron chi connectivity index (χ1n) is 8.65. The van der Waals surface area contributed by atoms with Gasteiger partial charge in [0.05, 0.1) is 0 Å². The molecule has 2 heterocycles. The average molecular weight is 368 g/mol. The van der Waals surface area contributed by atoms with Crippen molar-refractivity contribution in [3.8, 4) is 5.95 Å². The number of thioether (sulfide) groups is 1. The predicted octanol–water partition coefficient (Wildman–Crippen LogP) is 2.75. The topological polar surface area (TPSA) is 93.4 Å². The molecule has 1 fully saturated rings. The summed E-state index contributed by atoms with van der Waals surface area (Å²) in [6, 6.07) is 10.7. The summed E-state index contributed by atoms with van der Waals surface area (Å²) in [5, 5.41) is 11.6. The van der Waals surface area contributed by atoms with Gasteiger partial charge in [-0.05, 0) is 25.3 Å².